The van der Waals surface area contributed by atoms with Crippen molar-refractivity contribution in [2.75, 3.05) is 0 Å². The maximum atomic E-state index is 14.3. The van der Waals surface area contributed by atoms with E-state index in [9.17, 15) is 4.57 Å². The zero-order chi connectivity index (χ0) is 15.4. The molecule has 0 radical (unpaired) electrons. The van der Waals surface area contributed by atoms with Gasteiger partial charge in [-0.05, 0) is 16.8 Å². The maximum Gasteiger partial charge on any atom is 0.173 e. The van der Waals surface area contributed by atoms with E-state index in [4.69, 9.17) is 0 Å². The molecule has 0 aliphatic carbocycles. The molecule has 1 unspecified atom stereocenters. The molecule has 2 heterocycles. The first-order valence-electron chi connectivity index (χ1n) is 7.56. The quantitative estimate of drug-likeness (QED) is 0.413. The van der Waals surface area contributed by atoms with Crippen molar-refractivity contribution in [3.8, 4) is 10.4 Å². The summed E-state index contributed by atoms with van der Waals surface area (Å²) in [5.74, 6) is 0. The number of thiophene rings is 1. The van der Waals surface area contributed by atoms with E-state index in [-0.39, 0.29) is 0 Å². The van der Waals surface area contributed by atoms with E-state index in [1.165, 1.54) is 5.56 Å². The van der Waals surface area contributed by atoms with Crippen molar-refractivity contribution in [1.29, 1.82) is 0 Å². The summed E-state index contributed by atoms with van der Waals surface area (Å²) in [6.07, 6.45) is 0. The summed E-state index contributed by atoms with van der Waals surface area (Å²) in [5.41, 5.74) is 1.21. The zero-order valence-electron chi connectivity index (χ0n) is 12.3. The van der Waals surface area contributed by atoms with Gasteiger partial charge in [-0.2, -0.15) is 0 Å². The lowest BCUT2D eigenvalue weighted by molar-refractivity contribution is 0.592. The Hall–Kier alpha value is -2.15. The van der Waals surface area contributed by atoms with Gasteiger partial charge in [0, 0.05) is 31.7 Å². The van der Waals surface area contributed by atoms with Gasteiger partial charge < -0.3 is 4.57 Å². The molecule has 0 saturated carbocycles. The van der Waals surface area contributed by atoms with Gasteiger partial charge in [0.05, 0.1) is 0 Å². The zero-order valence-corrected chi connectivity index (χ0v) is 14.0. The van der Waals surface area contributed by atoms with Gasteiger partial charge in [0.1, 0.15) is 0 Å². The molecule has 0 spiro atoms. The smallest absolute Gasteiger partial charge is 0.173 e. The van der Waals surface area contributed by atoms with E-state index < -0.39 is 7.14 Å². The van der Waals surface area contributed by atoms with Crippen molar-refractivity contribution >= 4 is 45.2 Å². The lowest BCUT2D eigenvalue weighted by atomic mass is 10.0. The third kappa shape index (κ3) is 1.65. The van der Waals surface area contributed by atoms with E-state index in [1.54, 1.807) is 11.3 Å². The van der Waals surface area contributed by atoms with Crippen LogP contribution in [0.4, 0.5) is 0 Å². The van der Waals surface area contributed by atoms with Crippen LogP contribution in [0.15, 0.2) is 78.2 Å². The largest absolute Gasteiger partial charge is 0.309 e. The maximum absolute atomic E-state index is 14.3. The Morgan fingerprint density at radius 3 is 2.35 bits per heavy atom. The van der Waals surface area contributed by atoms with Crippen LogP contribution in [-0.2, 0) is 4.57 Å². The number of rotatable bonds is 1. The van der Waals surface area contributed by atoms with Crippen LogP contribution in [-0.4, -0.2) is 0 Å². The molecule has 0 fully saturated rings. The molecule has 0 saturated heterocycles. The SMILES string of the molecule is O=P1(c2ccccc2)c2ccsc2-c2cccc3cccc1c23. The van der Waals surface area contributed by atoms with Crippen LogP contribution in [0.1, 0.15) is 0 Å². The van der Waals surface area contributed by atoms with Crippen molar-refractivity contribution in [2.45, 2.75) is 0 Å². The molecule has 1 aliphatic heterocycles. The predicted molar refractivity (Wildman–Crippen MR) is 100 cm³/mol. The first-order valence-corrected chi connectivity index (χ1v) is 10.2. The molecular weight excluding hydrogens is 319 g/mol. The highest BCUT2D eigenvalue weighted by Gasteiger charge is 2.38. The topological polar surface area (TPSA) is 17.1 Å². The average molecular weight is 332 g/mol. The molecule has 23 heavy (non-hydrogen) atoms. The average Bonchev–Trinajstić information content (AvgIpc) is 3.11. The minimum absolute atomic E-state index is 0.918. The van der Waals surface area contributed by atoms with Crippen molar-refractivity contribution in [3.05, 3.63) is 78.2 Å². The normalized spacial score (nSPS) is 18.8. The second-order valence-corrected chi connectivity index (χ2v) is 9.38. The number of benzene rings is 3. The lowest BCUT2D eigenvalue weighted by Gasteiger charge is -2.27. The van der Waals surface area contributed by atoms with Crippen LogP contribution in [0.5, 0.6) is 0 Å². The minimum Gasteiger partial charge on any atom is -0.309 e. The summed E-state index contributed by atoms with van der Waals surface area (Å²) in [6.45, 7) is 0. The number of hydrogen-bond acceptors (Lipinski definition) is 2. The van der Waals surface area contributed by atoms with Gasteiger partial charge >= 0.3 is 0 Å². The molecule has 0 bridgehead atoms. The molecule has 3 heteroatoms. The van der Waals surface area contributed by atoms with Gasteiger partial charge in [-0.1, -0.05) is 66.7 Å². The highest BCUT2D eigenvalue weighted by Crippen LogP contribution is 2.52. The Balaban J connectivity index is 2.02. The fourth-order valence-corrected chi connectivity index (χ4v) is 8.00. The van der Waals surface area contributed by atoms with Crippen LogP contribution in [0.25, 0.3) is 21.2 Å². The van der Waals surface area contributed by atoms with E-state index >= 15 is 0 Å². The molecule has 3 aromatic carbocycles. The summed E-state index contributed by atoms with van der Waals surface area (Å²) in [4.78, 5) is 1.15. The van der Waals surface area contributed by atoms with Crippen molar-refractivity contribution in [3.63, 3.8) is 0 Å². The Morgan fingerprint density at radius 2 is 1.52 bits per heavy atom. The standard InChI is InChI=1S/C20H13OPS/c21-22(15-8-2-1-3-9-15)17-11-5-7-14-6-4-10-16(19(14)17)20-18(22)12-13-23-20/h1-13H. The third-order valence-corrected chi connectivity index (χ3v) is 8.80. The van der Waals surface area contributed by atoms with E-state index in [0.29, 0.717) is 0 Å². The van der Waals surface area contributed by atoms with Gasteiger partial charge in [-0.3, -0.25) is 0 Å². The van der Waals surface area contributed by atoms with Gasteiger partial charge in [0.15, 0.2) is 7.14 Å². The molecule has 1 atom stereocenters. The molecule has 4 aromatic rings. The van der Waals surface area contributed by atoms with Gasteiger partial charge in [-0.25, -0.2) is 0 Å². The second-order valence-electron chi connectivity index (χ2n) is 5.76. The van der Waals surface area contributed by atoms with E-state index in [1.807, 2.05) is 48.5 Å². The van der Waals surface area contributed by atoms with Gasteiger partial charge in [0.25, 0.3) is 0 Å². The predicted octanol–water partition coefficient (Wildman–Crippen LogP) is 4.52. The molecular formula is C20H13OPS. The molecule has 110 valence electrons. The summed E-state index contributed by atoms with van der Waals surface area (Å²) in [7, 11) is -2.81. The fraction of sp³-hybridized carbons (Fsp3) is 0. The Labute approximate surface area is 138 Å². The van der Waals surface area contributed by atoms with Crippen molar-refractivity contribution < 1.29 is 4.57 Å². The highest BCUT2D eigenvalue weighted by atomic mass is 32.1. The fourth-order valence-electron chi connectivity index (χ4n) is 3.57. The first kappa shape index (κ1) is 13.3. The number of fused-ring (bicyclic) bond motifs is 2. The van der Waals surface area contributed by atoms with Gasteiger partial charge in [0.2, 0.25) is 0 Å². The van der Waals surface area contributed by atoms with Crippen LogP contribution in [0.2, 0.25) is 0 Å². The van der Waals surface area contributed by atoms with Crippen LogP contribution in [0, 0.1) is 0 Å². The molecule has 0 N–H and O–H groups in total. The summed E-state index contributed by atoms with van der Waals surface area (Å²) in [5, 5.41) is 7.25. The van der Waals surface area contributed by atoms with E-state index in [0.717, 1.165) is 31.6 Å². The van der Waals surface area contributed by atoms with Gasteiger partial charge in [-0.15, -0.1) is 11.3 Å². The summed E-state index contributed by atoms with van der Waals surface area (Å²) < 4.78 is 14.3. The lowest BCUT2D eigenvalue weighted by Crippen LogP contribution is -2.28. The summed E-state index contributed by atoms with van der Waals surface area (Å²) in [6, 6.07) is 24.5. The molecule has 1 aliphatic rings. The van der Waals surface area contributed by atoms with E-state index in [2.05, 4.69) is 29.6 Å². The number of hydrogen-bond donors (Lipinski definition) is 0. The summed E-state index contributed by atoms with van der Waals surface area (Å²) >= 11 is 1.69. The highest BCUT2D eigenvalue weighted by molar-refractivity contribution is 7.86. The third-order valence-electron chi connectivity index (χ3n) is 4.57. The minimum atomic E-state index is -2.81. The molecule has 0 amide bonds. The van der Waals surface area contributed by atoms with Crippen LogP contribution in [0.3, 0.4) is 0 Å². The molecule has 1 aromatic heterocycles. The monoisotopic (exact) mass is 332 g/mol. The van der Waals surface area contributed by atoms with Crippen molar-refractivity contribution in [2.24, 2.45) is 0 Å². The first-order chi connectivity index (χ1) is 11.3. The Bertz CT molecular complexity index is 1090. The Kier molecular flexibility index (Phi) is 2.70. The van der Waals surface area contributed by atoms with Crippen LogP contribution < -0.4 is 15.9 Å². The molecule has 1 nitrogen and oxygen atoms in total. The second kappa shape index (κ2) is 4.67. The Morgan fingerprint density at radius 1 is 0.739 bits per heavy atom. The van der Waals surface area contributed by atoms with Crippen LogP contribution >= 0.6 is 18.5 Å². The van der Waals surface area contributed by atoms with Crippen molar-refractivity contribution in [1.82, 2.24) is 0 Å². The molecule has 5 rings (SSSR count).